The number of nitrogens with two attached hydrogens (primary N) is 1. The van der Waals surface area contributed by atoms with Crippen LogP contribution in [0.3, 0.4) is 0 Å². The van der Waals surface area contributed by atoms with E-state index in [1.807, 2.05) is 31.2 Å². The van der Waals surface area contributed by atoms with Gasteiger partial charge in [-0.05, 0) is 18.1 Å². The second-order valence-electron chi connectivity index (χ2n) is 4.16. The third-order valence-electron chi connectivity index (χ3n) is 2.72. The fourth-order valence-corrected chi connectivity index (χ4v) is 1.51. The molecule has 0 saturated heterocycles. The summed E-state index contributed by atoms with van der Waals surface area (Å²) in [5, 5.41) is 2.46. The fourth-order valence-electron chi connectivity index (χ4n) is 1.51. The molecule has 2 amide bonds. The first-order valence-corrected chi connectivity index (χ1v) is 5.80. The van der Waals surface area contributed by atoms with E-state index < -0.39 is 0 Å². The lowest BCUT2D eigenvalue weighted by Gasteiger charge is -2.18. The Morgan fingerprint density at radius 3 is 2.61 bits per heavy atom. The number of amides is 2. The van der Waals surface area contributed by atoms with Crippen LogP contribution in [0.25, 0.3) is 0 Å². The number of likely N-dealkylation sites (N-methyl/N-ethyl adjacent to an activating group) is 1. The van der Waals surface area contributed by atoms with E-state index in [4.69, 9.17) is 5.73 Å². The van der Waals surface area contributed by atoms with Crippen molar-refractivity contribution in [3.63, 3.8) is 0 Å². The number of hydrogen-bond donors (Lipinski definition) is 2. The quantitative estimate of drug-likeness (QED) is 0.773. The van der Waals surface area contributed by atoms with E-state index in [1.165, 1.54) is 0 Å². The van der Waals surface area contributed by atoms with E-state index >= 15 is 0 Å². The van der Waals surface area contributed by atoms with Crippen molar-refractivity contribution in [2.75, 3.05) is 20.1 Å². The molecule has 0 radical (unpaired) electrons. The monoisotopic (exact) mass is 249 g/mol. The molecule has 5 heteroatoms. The lowest BCUT2D eigenvalue weighted by molar-refractivity contribution is -0.131. The van der Waals surface area contributed by atoms with Crippen LogP contribution >= 0.6 is 0 Å². The number of nitrogens with zero attached hydrogens (tertiary/aromatic N) is 1. The standard InChI is InChI=1S/C13H19N3O2/c1-10-5-3-4-6-11(10)9-16(2)13(18)8-15-12(17)7-14/h3-6H,7-9,14H2,1-2H3,(H,15,17). The van der Waals surface area contributed by atoms with Gasteiger partial charge in [-0.25, -0.2) is 0 Å². The van der Waals surface area contributed by atoms with E-state index in [-0.39, 0.29) is 24.9 Å². The summed E-state index contributed by atoms with van der Waals surface area (Å²) in [7, 11) is 1.71. The van der Waals surface area contributed by atoms with Crippen LogP contribution < -0.4 is 11.1 Å². The van der Waals surface area contributed by atoms with Crippen molar-refractivity contribution in [2.24, 2.45) is 5.73 Å². The van der Waals surface area contributed by atoms with Gasteiger partial charge in [-0.2, -0.15) is 0 Å². The van der Waals surface area contributed by atoms with Crippen molar-refractivity contribution in [3.8, 4) is 0 Å². The average molecular weight is 249 g/mol. The summed E-state index contributed by atoms with van der Waals surface area (Å²) in [6.07, 6.45) is 0. The first-order chi connectivity index (χ1) is 8.54. The summed E-state index contributed by atoms with van der Waals surface area (Å²) >= 11 is 0. The number of rotatable bonds is 5. The van der Waals surface area contributed by atoms with Crippen LogP contribution in [0.5, 0.6) is 0 Å². The first kappa shape index (κ1) is 14.2. The Labute approximate surface area is 107 Å². The molecule has 0 atom stereocenters. The molecule has 0 fully saturated rings. The van der Waals surface area contributed by atoms with Crippen molar-refractivity contribution in [1.29, 1.82) is 0 Å². The fraction of sp³-hybridized carbons (Fsp3) is 0.385. The predicted octanol–water partition coefficient (Wildman–Crippen LogP) is 0.0283. The molecule has 0 aliphatic heterocycles. The maximum atomic E-state index is 11.7. The molecule has 1 rings (SSSR count). The SMILES string of the molecule is Cc1ccccc1CN(C)C(=O)CNC(=O)CN. The van der Waals surface area contributed by atoms with Gasteiger partial charge in [0.2, 0.25) is 11.8 Å². The molecule has 0 saturated carbocycles. The Balaban J connectivity index is 2.50. The lowest BCUT2D eigenvalue weighted by atomic mass is 10.1. The Morgan fingerprint density at radius 2 is 2.00 bits per heavy atom. The molecule has 0 aromatic heterocycles. The van der Waals surface area contributed by atoms with Crippen molar-refractivity contribution in [3.05, 3.63) is 35.4 Å². The largest absolute Gasteiger partial charge is 0.346 e. The number of hydrogen-bond acceptors (Lipinski definition) is 3. The number of aryl methyl sites for hydroxylation is 1. The smallest absolute Gasteiger partial charge is 0.242 e. The minimum atomic E-state index is -0.326. The maximum absolute atomic E-state index is 11.7. The zero-order valence-electron chi connectivity index (χ0n) is 10.8. The molecule has 0 aliphatic rings. The van der Waals surface area contributed by atoms with Crippen molar-refractivity contribution >= 4 is 11.8 Å². The van der Waals surface area contributed by atoms with Gasteiger partial charge in [-0.15, -0.1) is 0 Å². The number of carbonyl (C=O) groups is 2. The van der Waals surface area contributed by atoms with Crippen LogP contribution in [0.1, 0.15) is 11.1 Å². The molecular weight excluding hydrogens is 230 g/mol. The van der Waals surface area contributed by atoms with Gasteiger partial charge in [0.05, 0.1) is 13.1 Å². The average Bonchev–Trinajstić information content (AvgIpc) is 2.38. The number of benzene rings is 1. The van der Waals surface area contributed by atoms with E-state index in [0.29, 0.717) is 6.54 Å². The Hall–Kier alpha value is -1.88. The topological polar surface area (TPSA) is 75.4 Å². The zero-order valence-corrected chi connectivity index (χ0v) is 10.8. The summed E-state index contributed by atoms with van der Waals surface area (Å²) in [5.74, 6) is -0.465. The Bertz CT molecular complexity index is 432. The molecule has 1 aromatic rings. The van der Waals surface area contributed by atoms with Gasteiger partial charge in [0.1, 0.15) is 0 Å². The van der Waals surface area contributed by atoms with Gasteiger partial charge >= 0.3 is 0 Å². The Morgan fingerprint density at radius 1 is 1.33 bits per heavy atom. The first-order valence-electron chi connectivity index (χ1n) is 5.80. The second-order valence-corrected chi connectivity index (χ2v) is 4.16. The molecule has 18 heavy (non-hydrogen) atoms. The van der Waals surface area contributed by atoms with Gasteiger partial charge < -0.3 is 16.0 Å². The van der Waals surface area contributed by atoms with Crippen LogP contribution in [-0.2, 0) is 16.1 Å². The molecule has 3 N–H and O–H groups in total. The summed E-state index contributed by atoms with van der Waals surface area (Å²) in [5.41, 5.74) is 7.38. The summed E-state index contributed by atoms with van der Waals surface area (Å²) in [4.78, 5) is 24.3. The highest BCUT2D eigenvalue weighted by molar-refractivity contribution is 5.85. The zero-order chi connectivity index (χ0) is 13.5. The van der Waals surface area contributed by atoms with Crippen LogP contribution in [0.2, 0.25) is 0 Å². The van der Waals surface area contributed by atoms with Crippen LogP contribution in [0, 0.1) is 6.92 Å². The molecule has 0 heterocycles. The summed E-state index contributed by atoms with van der Waals surface area (Å²) < 4.78 is 0. The third-order valence-corrected chi connectivity index (χ3v) is 2.72. The highest BCUT2D eigenvalue weighted by Crippen LogP contribution is 2.09. The highest BCUT2D eigenvalue weighted by atomic mass is 16.2. The van der Waals surface area contributed by atoms with Gasteiger partial charge in [-0.1, -0.05) is 24.3 Å². The van der Waals surface area contributed by atoms with Crippen molar-refractivity contribution in [2.45, 2.75) is 13.5 Å². The van der Waals surface area contributed by atoms with E-state index in [2.05, 4.69) is 5.32 Å². The summed E-state index contributed by atoms with van der Waals surface area (Å²) in [6.45, 7) is 2.42. The second kappa shape index (κ2) is 6.76. The maximum Gasteiger partial charge on any atom is 0.242 e. The van der Waals surface area contributed by atoms with Gasteiger partial charge in [0.15, 0.2) is 0 Å². The number of carbonyl (C=O) groups excluding carboxylic acids is 2. The third kappa shape index (κ3) is 4.18. The van der Waals surface area contributed by atoms with Crippen LogP contribution in [0.15, 0.2) is 24.3 Å². The van der Waals surface area contributed by atoms with E-state index in [9.17, 15) is 9.59 Å². The van der Waals surface area contributed by atoms with E-state index in [1.54, 1.807) is 11.9 Å². The minimum Gasteiger partial charge on any atom is -0.346 e. The van der Waals surface area contributed by atoms with E-state index in [0.717, 1.165) is 11.1 Å². The molecule has 1 aromatic carbocycles. The lowest BCUT2D eigenvalue weighted by Crippen LogP contribution is -2.40. The van der Waals surface area contributed by atoms with Gasteiger partial charge in [-0.3, -0.25) is 9.59 Å². The normalized spacial score (nSPS) is 9.94. The molecule has 98 valence electrons. The molecule has 0 unspecified atom stereocenters. The molecular formula is C13H19N3O2. The number of nitrogens with one attached hydrogen (secondary N) is 1. The molecule has 0 aliphatic carbocycles. The Kier molecular flexibility index (Phi) is 5.32. The van der Waals surface area contributed by atoms with Gasteiger partial charge in [0.25, 0.3) is 0 Å². The van der Waals surface area contributed by atoms with Gasteiger partial charge in [0, 0.05) is 13.6 Å². The molecule has 5 nitrogen and oxygen atoms in total. The van der Waals surface area contributed by atoms with Crippen molar-refractivity contribution in [1.82, 2.24) is 10.2 Å². The minimum absolute atomic E-state index is 0.0155. The van der Waals surface area contributed by atoms with Crippen molar-refractivity contribution < 1.29 is 9.59 Å². The highest BCUT2D eigenvalue weighted by Gasteiger charge is 2.11. The van der Waals surface area contributed by atoms with Crippen LogP contribution in [0.4, 0.5) is 0 Å². The van der Waals surface area contributed by atoms with Crippen LogP contribution in [-0.4, -0.2) is 36.9 Å². The molecule has 0 bridgehead atoms. The summed E-state index contributed by atoms with van der Waals surface area (Å²) in [6, 6.07) is 7.89. The molecule has 0 spiro atoms. The predicted molar refractivity (Wildman–Crippen MR) is 69.7 cm³/mol.